The molecule has 0 saturated carbocycles. The summed E-state index contributed by atoms with van der Waals surface area (Å²) in [5.74, 6) is -0.0533. The van der Waals surface area contributed by atoms with Crippen LogP contribution in [-0.2, 0) is 21.1 Å². The number of benzene rings is 3. The van der Waals surface area contributed by atoms with Gasteiger partial charge >= 0.3 is 0 Å². The van der Waals surface area contributed by atoms with E-state index in [1.54, 1.807) is 49.4 Å². The third-order valence-corrected chi connectivity index (χ3v) is 4.87. The van der Waals surface area contributed by atoms with E-state index in [4.69, 9.17) is 14.4 Å². The smallest absolute Gasteiger partial charge is 0.278 e. The average Bonchev–Trinajstić information content (AvgIpc) is 2.88. The molecule has 0 bridgehead atoms. The van der Waals surface area contributed by atoms with Gasteiger partial charge in [0.05, 0.1) is 5.71 Å². The highest BCUT2D eigenvalue weighted by molar-refractivity contribution is 6.45. The molecule has 7 nitrogen and oxygen atoms in total. The van der Waals surface area contributed by atoms with Crippen LogP contribution < -0.4 is 10.1 Å². The number of carbonyl (C=O) groups excluding carboxylic acids is 1. The third-order valence-electron chi connectivity index (χ3n) is 4.87. The molecule has 0 unspecified atom stereocenters. The lowest BCUT2D eigenvalue weighted by Crippen LogP contribution is -2.29. The van der Waals surface area contributed by atoms with Crippen LogP contribution >= 0.6 is 0 Å². The Morgan fingerprint density at radius 1 is 1.00 bits per heavy atom. The third kappa shape index (κ3) is 7.26. The Hall–Kier alpha value is -4.46. The molecular weight excluding hydrogens is 449 g/mol. The molecule has 8 heteroatoms. The van der Waals surface area contributed by atoms with Crippen molar-refractivity contribution < 1.29 is 23.6 Å². The predicted molar refractivity (Wildman–Crippen MR) is 134 cm³/mol. The molecule has 35 heavy (non-hydrogen) atoms. The first kappa shape index (κ1) is 25.2. The Morgan fingerprint density at radius 3 is 2.49 bits per heavy atom. The first-order chi connectivity index (χ1) is 17.0. The standard InChI is InChI=1S/C27H26FN3O4/c1-19(21-13-9-14-23(17-21)35-25(28)16-20-10-5-4-6-11-20)30-34-18-22-12-7-8-15-24(22)26(31-33-3)27(32)29-2/h4-17H,18H2,1-3H3,(H,29,32)/b25-16-,30-19+,31-26-. The van der Waals surface area contributed by atoms with Crippen LogP contribution in [0.2, 0.25) is 0 Å². The number of ether oxygens (including phenoxy) is 1. The molecule has 3 aromatic carbocycles. The number of rotatable bonds is 10. The molecule has 0 aliphatic rings. The summed E-state index contributed by atoms with van der Waals surface area (Å²) in [5.41, 5.74) is 3.37. The van der Waals surface area contributed by atoms with Gasteiger partial charge in [-0.05, 0) is 24.6 Å². The quantitative estimate of drug-likeness (QED) is 0.252. The second-order valence-electron chi connectivity index (χ2n) is 7.30. The highest BCUT2D eigenvalue weighted by atomic mass is 19.1. The summed E-state index contributed by atoms with van der Waals surface area (Å²) < 4.78 is 19.6. The summed E-state index contributed by atoms with van der Waals surface area (Å²) in [5, 5.41) is 10.6. The Morgan fingerprint density at radius 2 is 1.74 bits per heavy atom. The van der Waals surface area contributed by atoms with Crippen molar-refractivity contribution in [3.05, 3.63) is 107 Å². The Balaban J connectivity index is 1.70. The topological polar surface area (TPSA) is 81.5 Å². The molecular formula is C27H26FN3O4. The largest absolute Gasteiger partial charge is 0.432 e. The fourth-order valence-electron chi connectivity index (χ4n) is 3.16. The van der Waals surface area contributed by atoms with E-state index in [0.717, 1.165) is 0 Å². The lowest BCUT2D eigenvalue weighted by molar-refractivity contribution is -0.114. The Kier molecular flexibility index (Phi) is 9.13. The van der Waals surface area contributed by atoms with Crippen molar-refractivity contribution in [3.8, 4) is 5.75 Å². The molecule has 1 N–H and O–H groups in total. The summed E-state index contributed by atoms with van der Waals surface area (Å²) in [6.07, 6.45) is 1.31. The van der Waals surface area contributed by atoms with E-state index in [1.165, 1.54) is 20.2 Å². The van der Waals surface area contributed by atoms with Crippen LogP contribution in [0, 0.1) is 0 Å². The SMILES string of the molecule is CNC(=O)/C(=N\OC)c1ccccc1CO/N=C(\C)c1cccc(O/C(F)=C\c2ccccc2)c1. The summed E-state index contributed by atoms with van der Waals surface area (Å²) in [4.78, 5) is 22.6. The molecule has 0 fully saturated rings. The van der Waals surface area contributed by atoms with Gasteiger partial charge in [-0.1, -0.05) is 77.0 Å². The van der Waals surface area contributed by atoms with Gasteiger partial charge in [-0.25, -0.2) is 0 Å². The van der Waals surface area contributed by atoms with Crippen LogP contribution in [0.4, 0.5) is 4.39 Å². The van der Waals surface area contributed by atoms with Gasteiger partial charge in [0.2, 0.25) is 0 Å². The molecule has 180 valence electrons. The summed E-state index contributed by atoms with van der Waals surface area (Å²) in [6.45, 7) is 1.86. The van der Waals surface area contributed by atoms with E-state index in [0.29, 0.717) is 33.7 Å². The van der Waals surface area contributed by atoms with Crippen LogP contribution in [0.15, 0.2) is 95.2 Å². The number of amides is 1. The van der Waals surface area contributed by atoms with Gasteiger partial charge in [-0.3, -0.25) is 4.79 Å². The fraction of sp³-hybridized carbons (Fsp3) is 0.148. The number of oxime groups is 2. The summed E-state index contributed by atoms with van der Waals surface area (Å²) in [7, 11) is 2.89. The first-order valence-corrected chi connectivity index (χ1v) is 10.8. The monoisotopic (exact) mass is 475 g/mol. The Bertz CT molecular complexity index is 1240. The van der Waals surface area contributed by atoms with Gasteiger partial charge < -0.3 is 19.7 Å². The molecule has 0 aliphatic carbocycles. The van der Waals surface area contributed by atoms with Gasteiger partial charge in [-0.15, -0.1) is 0 Å². The molecule has 1 amide bonds. The zero-order chi connectivity index (χ0) is 25.0. The maximum absolute atomic E-state index is 14.3. The highest BCUT2D eigenvalue weighted by Crippen LogP contribution is 2.19. The minimum atomic E-state index is -0.722. The van der Waals surface area contributed by atoms with Gasteiger partial charge in [0, 0.05) is 29.8 Å². The lowest BCUT2D eigenvalue weighted by Gasteiger charge is -2.10. The van der Waals surface area contributed by atoms with E-state index in [9.17, 15) is 9.18 Å². The first-order valence-electron chi connectivity index (χ1n) is 10.8. The summed E-state index contributed by atoms with van der Waals surface area (Å²) >= 11 is 0. The molecule has 0 aromatic heterocycles. The minimum Gasteiger partial charge on any atom is -0.432 e. The minimum absolute atomic E-state index is 0.0951. The van der Waals surface area contributed by atoms with Crippen molar-refractivity contribution in [2.45, 2.75) is 13.5 Å². The normalized spacial score (nSPS) is 12.2. The van der Waals surface area contributed by atoms with Gasteiger partial charge in [0.15, 0.2) is 5.71 Å². The number of likely N-dealkylation sites (N-methyl/N-ethyl adjacent to an activating group) is 1. The number of carbonyl (C=O) groups is 1. The molecule has 0 radical (unpaired) electrons. The fourth-order valence-corrected chi connectivity index (χ4v) is 3.16. The summed E-state index contributed by atoms with van der Waals surface area (Å²) in [6, 6.07) is 22.4. The molecule has 0 spiro atoms. The van der Waals surface area contributed by atoms with E-state index in [2.05, 4.69) is 15.6 Å². The Labute approximate surface area is 203 Å². The molecule has 3 rings (SSSR count). The van der Waals surface area contributed by atoms with Crippen molar-refractivity contribution in [2.24, 2.45) is 10.3 Å². The molecule has 0 atom stereocenters. The van der Waals surface area contributed by atoms with Crippen molar-refractivity contribution in [3.63, 3.8) is 0 Å². The molecule has 0 saturated heterocycles. The van der Waals surface area contributed by atoms with Crippen molar-refractivity contribution in [1.82, 2.24) is 5.32 Å². The van der Waals surface area contributed by atoms with Gasteiger partial charge in [-0.2, -0.15) is 4.39 Å². The maximum atomic E-state index is 14.3. The lowest BCUT2D eigenvalue weighted by atomic mass is 10.0. The maximum Gasteiger partial charge on any atom is 0.278 e. The zero-order valence-electron chi connectivity index (χ0n) is 19.7. The van der Waals surface area contributed by atoms with Crippen LogP contribution in [0.5, 0.6) is 5.75 Å². The molecule has 3 aromatic rings. The molecule has 0 aliphatic heterocycles. The number of halogens is 1. The number of nitrogens with zero attached hydrogens (tertiary/aromatic N) is 2. The van der Waals surface area contributed by atoms with Crippen LogP contribution in [-0.4, -0.2) is 31.5 Å². The van der Waals surface area contributed by atoms with E-state index < -0.39 is 6.01 Å². The van der Waals surface area contributed by atoms with Gasteiger partial charge in [0.1, 0.15) is 19.5 Å². The van der Waals surface area contributed by atoms with Crippen LogP contribution in [0.25, 0.3) is 6.08 Å². The van der Waals surface area contributed by atoms with E-state index in [-0.39, 0.29) is 18.2 Å². The van der Waals surface area contributed by atoms with E-state index in [1.807, 2.05) is 36.4 Å². The zero-order valence-corrected chi connectivity index (χ0v) is 19.7. The van der Waals surface area contributed by atoms with E-state index >= 15 is 0 Å². The van der Waals surface area contributed by atoms with Crippen LogP contribution in [0.1, 0.15) is 29.2 Å². The van der Waals surface area contributed by atoms with Gasteiger partial charge in [0.25, 0.3) is 11.9 Å². The average molecular weight is 476 g/mol. The van der Waals surface area contributed by atoms with Crippen molar-refractivity contribution in [2.75, 3.05) is 14.2 Å². The second-order valence-corrected chi connectivity index (χ2v) is 7.30. The predicted octanol–water partition coefficient (Wildman–Crippen LogP) is 5.07. The second kappa shape index (κ2) is 12.7. The van der Waals surface area contributed by atoms with Crippen LogP contribution in [0.3, 0.4) is 0 Å². The number of hydrogen-bond donors (Lipinski definition) is 1. The molecule has 0 heterocycles. The van der Waals surface area contributed by atoms with Crippen molar-refractivity contribution >= 4 is 23.4 Å². The highest BCUT2D eigenvalue weighted by Gasteiger charge is 2.17. The number of nitrogens with one attached hydrogen (secondary N) is 1. The van der Waals surface area contributed by atoms with Crippen molar-refractivity contribution in [1.29, 1.82) is 0 Å². The number of hydrogen-bond acceptors (Lipinski definition) is 6.